The van der Waals surface area contributed by atoms with Crippen molar-refractivity contribution in [1.82, 2.24) is 24.7 Å². The average molecular weight is 241 g/mol. The van der Waals surface area contributed by atoms with Crippen LogP contribution >= 0.6 is 0 Å². The van der Waals surface area contributed by atoms with Gasteiger partial charge in [-0.3, -0.25) is 4.40 Å². The molecule has 2 N–H and O–H groups in total. The van der Waals surface area contributed by atoms with E-state index in [0.717, 1.165) is 29.9 Å². The Balaban J connectivity index is 1.96. The highest BCUT2D eigenvalue weighted by molar-refractivity contribution is 5.74. The van der Waals surface area contributed by atoms with Crippen LogP contribution in [0.3, 0.4) is 0 Å². The molecule has 1 fully saturated rings. The largest absolute Gasteiger partial charge is 0.345 e. The summed E-state index contributed by atoms with van der Waals surface area (Å²) in [7, 11) is 0. The molecule has 0 saturated carbocycles. The third kappa shape index (κ3) is 1.37. The fraction of sp³-hybridized carbons (Fsp3) is 0.385. The predicted molar refractivity (Wildman–Crippen MR) is 69.7 cm³/mol. The minimum atomic E-state index is 0.550. The van der Waals surface area contributed by atoms with Crippen LogP contribution < -0.4 is 5.32 Å². The number of nitrogens with zero attached hydrogens (tertiary/aromatic N) is 3. The summed E-state index contributed by atoms with van der Waals surface area (Å²) in [5.41, 5.74) is 4.27. The number of imidazole rings is 1. The Kier molecular flexibility index (Phi) is 2.14. The molecule has 0 aliphatic carbocycles. The van der Waals surface area contributed by atoms with Crippen molar-refractivity contribution in [3.05, 3.63) is 30.4 Å². The molecular weight excluding hydrogens is 226 g/mol. The molecule has 92 valence electrons. The average Bonchev–Trinajstić information content (AvgIpc) is 3.05. The van der Waals surface area contributed by atoms with E-state index in [9.17, 15) is 0 Å². The van der Waals surface area contributed by atoms with Gasteiger partial charge in [0, 0.05) is 30.6 Å². The number of aromatic amines is 1. The van der Waals surface area contributed by atoms with Gasteiger partial charge in [-0.2, -0.15) is 0 Å². The van der Waals surface area contributed by atoms with Crippen molar-refractivity contribution in [3.8, 4) is 0 Å². The molecule has 4 heterocycles. The molecule has 18 heavy (non-hydrogen) atoms. The minimum Gasteiger partial charge on any atom is -0.345 e. The molecule has 0 spiro atoms. The Morgan fingerprint density at radius 3 is 3.17 bits per heavy atom. The Labute approximate surface area is 104 Å². The van der Waals surface area contributed by atoms with E-state index in [2.05, 4.69) is 30.7 Å². The van der Waals surface area contributed by atoms with Crippen molar-refractivity contribution >= 4 is 16.8 Å². The predicted octanol–water partition coefficient (Wildman–Crippen LogP) is 1.68. The summed E-state index contributed by atoms with van der Waals surface area (Å²) in [6.07, 6.45) is 8.23. The summed E-state index contributed by atoms with van der Waals surface area (Å²) in [5.74, 6) is 0.550. The molecule has 1 aliphatic heterocycles. The van der Waals surface area contributed by atoms with Crippen molar-refractivity contribution in [3.63, 3.8) is 0 Å². The van der Waals surface area contributed by atoms with Gasteiger partial charge in [0.15, 0.2) is 11.3 Å². The highest BCUT2D eigenvalue weighted by atomic mass is 15.1. The Morgan fingerprint density at radius 1 is 1.28 bits per heavy atom. The second-order valence-electron chi connectivity index (χ2n) is 4.89. The smallest absolute Gasteiger partial charge is 0.156 e. The number of rotatable bonds is 1. The monoisotopic (exact) mass is 241 g/mol. The van der Waals surface area contributed by atoms with Crippen LogP contribution in [0.5, 0.6) is 0 Å². The molecule has 0 bridgehead atoms. The van der Waals surface area contributed by atoms with Gasteiger partial charge in [0.1, 0.15) is 0 Å². The number of hydrogen-bond acceptors (Lipinski definition) is 3. The lowest BCUT2D eigenvalue weighted by Crippen LogP contribution is -2.29. The summed E-state index contributed by atoms with van der Waals surface area (Å²) < 4.78 is 2.23. The topological polar surface area (TPSA) is 58.0 Å². The molecule has 0 radical (unpaired) electrons. The van der Waals surface area contributed by atoms with Crippen LogP contribution in [0.25, 0.3) is 16.8 Å². The van der Waals surface area contributed by atoms with Crippen molar-refractivity contribution in [2.45, 2.75) is 18.8 Å². The molecule has 1 atom stereocenters. The third-order valence-electron chi connectivity index (χ3n) is 3.79. The summed E-state index contributed by atoms with van der Waals surface area (Å²) in [4.78, 5) is 12.0. The lowest BCUT2D eigenvalue weighted by Gasteiger charge is -2.22. The van der Waals surface area contributed by atoms with E-state index in [4.69, 9.17) is 0 Å². The third-order valence-corrected chi connectivity index (χ3v) is 3.79. The van der Waals surface area contributed by atoms with Crippen LogP contribution in [0.15, 0.2) is 24.7 Å². The lowest BCUT2D eigenvalue weighted by molar-refractivity contribution is 0.454. The zero-order chi connectivity index (χ0) is 11.9. The fourth-order valence-corrected chi connectivity index (χ4v) is 2.88. The van der Waals surface area contributed by atoms with Gasteiger partial charge in [0.05, 0.1) is 11.7 Å². The van der Waals surface area contributed by atoms with E-state index in [-0.39, 0.29) is 0 Å². The Hall–Kier alpha value is -1.88. The van der Waals surface area contributed by atoms with E-state index in [1.54, 1.807) is 0 Å². The molecule has 0 unspecified atom stereocenters. The van der Waals surface area contributed by atoms with Crippen molar-refractivity contribution < 1.29 is 0 Å². The number of H-pyrrole nitrogens is 1. The molecule has 0 aromatic carbocycles. The van der Waals surface area contributed by atoms with Crippen LogP contribution in [0.2, 0.25) is 0 Å². The minimum absolute atomic E-state index is 0.550. The lowest BCUT2D eigenvalue weighted by atomic mass is 9.96. The summed E-state index contributed by atoms with van der Waals surface area (Å²) >= 11 is 0. The Morgan fingerprint density at radius 2 is 2.28 bits per heavy atom. The van der Waals surface area contributed by atoms with Crippen LogP contribution in [-0.4, -0.2) is 32.4 Å². The zero-order valence-corrected chi connectivity index (χ0v) is 10.1. The maximum atomic E-state index is 4.48. The van der Waals surface area contributed by atoms with E-state index in [1.807, 2.05) is 18.6 Å². The molecule has 5 nitrogen and oxygen atoms in total. The fourth-order valence-electron chi connectivity index (χ4n) is 2.88. The summed E-state index contributed by atoms with van der Waals surface area (Å²) in [5, 5.41) is 3.47. The van der Waals surface area contributed by atoms with Crippen LogP contribution in [-0.2, 0) is 0 Å². The molecule has 0 amide bonds. The maximum absolute atomic E-state index is 4.48. The van der Waals surface area contributed by atoms with Gasteiger partial charge in [0.25, 0.3) is 0 Å². The zero-order valence-electron chi connectivity index (χ0n) is 10.1. The number of aromatic nitrogens is 4. The first-order chi connectivity index (χ1) is 8.93. The molecule has 1 saturated heterocycles. The van der Waals surface area contributed by atoms with Crippen LogP contribution in [0.1, 0.15) is 24.5 Å². The van der Waals surface area contributed by atoms with Gasteiger partial charge < -0.3 is 10.3 Å². The Bertz CT molecular complexity index is 690. The number of fused-ring (bicyclic) bond motifs is 3. The highest BCUT2D eigenvalue weighted by Crippen LogP contribution is 2.26. The van der Waals surface area contributed by atoms with Crippen molar-refractivity contribution in [2.75, 3.05) is 13.1 Å². The van der Waals surface area contributed by atoms with E-state index in [0.29, 0.717) is 5.92 Å². The maximum Gasteiger partial charge on any atom is 0.156 e. The number of hydrogen-bond donors (Lipinski definition) is 2. The number of piperidine rings is 1. The molecule has 3 aromatic heterocycles. The SMILES string of the molecule is c1cc2c(ncc3ncc([C@H]4CCCNC4)n32)[nH]1. The summed E-state index contributed by atoms with van der Waals surface area (Å²) in [6.45, 7) is 2.18. The van der Waals surface area contributed by atoms with Gasteiger partial charge in [-0.1, -0.05) is 0 Å². The quantitative estimate of drug-likeness (QED) is 0.681. The first-order valence-electron chi connectivity index (χ1n) is 6.43. The van der Waals surface area contributed by atoms with E-state index < -0.39 is 0 Å². The van der Waals surface area contributed by atoms with Gasteiger partial charge in [-0.15, -0.1) is 0 Å². The first-order valence-corrected chi connectivity index (χ1v) is 6.43. The number of nitrogens with one attached hydrogen (secondary N) is 2. The van der Waals surface area contributed by atoms with Gasteiger partial charge >= 0.3 is 0 Å². The van der Waals surface area contributed by atoms with Crippen LogP contribution in [0.4, 0.5) is 0 Å². The molecule has 3 aromatic rings. The van der Waals surface area contributed by atoms with Gasteiger partial charge in [0.2, 0.25) is 0 Å². The van der Waals surface area contributed by atoms with Gasteiger partial charge in [-0.05, 0) is 25.5 Å². The van der Waals surface area contributed by atoms with E-state index >= 15 is 0 Å². The van der Waals surface area contributed by atoms with Crippen LogP contribution in [0, 0.1) is 0 Å². The van der Waals surface area contributed by atoms with Crippen molar-refractivity contribution in [1.29, 1.82) is 0 Å². The highest BCUT2D eigenvalue weighted by Gasteiger charge is 2.20. The van der Waals surface area contributed by atoms with Crippen molar-refractivity contribution in [2.24, 2.45) is 0 Å². The summed E-state index contributed by atoms with van der Waals surface area (Å²) in [6, 6.07) is 2.07. The van der Waals surface area contributed by atoms with E-state index in [1.165, 1.54) is 18.5 Å². The standard InChI is InChI=1S/C13H15N5/c1-2-9(6-14-4-1)11-7-16-12-8-17-13-10(18(11)12)3-5-15-13/h3,5,7-9,14-15H,1-2,4,6H2/t9-/m0/s1. The molecule has 1 aliphatic rings. The first kappa shape index (κ1) is 10.1. The second kappa shape index (κ2) is 3.81. The second-order valence-corrected chi connectivity index (χ2v) is 4.89. The molecule has 5 heteroatoms. The molecular formula is C13H15N5. The molecule has 4 rings (SSSR count). The van der Waals surface area contributed by atoms with Gasteiger partial charge in [-0.25, -0.2) is 9.97 Å². The normalized spacial score (nSPS) is 20.8.